The van der Waals surface area contributed by atoms with Crippen LogP contribution >= 0.6 is 0 Å². The van der Waals surface area contributed by atoms with Crippen LogP contribution in [0.4, 0.5) is 5.69 Å². The van der Waals surface area contributed by atoms with E-state index in [4.69, 9.17) is 0 Å². The first-order valence-electron chi connectivity index (χ1n) is 12.0. The van der Waals surface area contributed by atoms with Crippen LogP contribution in [0.25, 0.3) is 0 Å². The van der Waals surface area contributed by atoms with Crippen molar-refractivity contribution in [2.24, 2.45) is 5.92 Å². The summed E-state index contributed by atoms with van der Waals surface area (Å²) in [6.45, 7) is 1.80. The number of carbonyl (C=O) groups excluding carboxylic acids is 2. The van der Waals surface area contributed by atoms with Crippen molar-refractivity contribution in [1.82, 2.24) is 9.62 Å². The van der Waals surface area contributed by atoms with Crippen molar-refractivity contribution in [2.45, 2.75) is 88.1 Å². The highest BCUT2D eigenvalue weighted by Crippen LogP contribution is 2.39. The Labute approximate surface area is 191 Å². The van der Waals surface area contributed by atoms with Crippen molar-refractivity contribution >= 4 is 27.5 Å². The number of carbonyl (C=O) groups is 2. The zero-order chi connectivity index (χ0) is 22.9. The van der Waals surface area contributed by atoms with Crippen LogP contribution in [0, 0.1) is 5.92 Å². The Bertz CT molecular complexity index is 965. The highest BCUT2D eigenvalue weighted by Gasteiger charge is 2.40. The molecule has 1 atom stereocenters. The standard InChI is InChI=1S/C24H35N3O4S/c1-17-14-19-15-21(12-13-22(19)27(17)24(29)18-10-11-18)32(30,31)26(2)16-23(28)25-20-8-6-4-3-5-7-9-20/h12-13,15,17-18,20H,3-11,14,16H2,1-2H3,(H,25,28)/t17-/m1/s1. The molecular weight excluding hydrogens is 426 g/mol. The van der Waals surface area contributed by atoms with Crippen LogP contribution in [-0.2, 0) is 26.0 Å². The van der Waals surface area contributed by atoms with Gasteiger partial charge in [0, 0.05) is 30.7 Å². The first kappa shape index (κ1) is 23.2. The van der Waals surface area contributed by atoms with Gasteiger partial charge in [-0.1, -0.05) is 32.1 Å². The summed E-state index contributed by atoms with van der Waals surface area (Å²) < 4.78 is 27.4. The number of hydrogen-bond acceptors (Lipinski definition) is 4. The average Bonchev–Trinajstić information content (AvgIpc) is 3.51. The number of nitrogens with zero attached hydrogens (tertiary/aromatic N) is 2. The number of anilines is 1. The summed E-state index contributed by atoms with van der Waals surface area (Å²) in [4.78, 5) is 27.2. The molecule has 2 fully saturated rings. The normalized spacial score (nSPS) is 22.3. The molecule has 1 heterocycles. The lowest BCUT2D eigenvalue weighted by molar-refractivity contribution is -0.122. The van der Waals surface area contributed by atoms with Gasteiger partial charge in [-0.15, -0.1) is 0 Å². The highest BCUT2D eigenvalue weighted by molar-refractivity contribution is 7.89. The second-order valence-corrected chi connectivity index (χ2v) is 11.7. The molecule has 2 saturated carbocycles. The van der Waals surface area contributed by atoms with Crippen LogP contribution in [0.2, 0.25) is 0 Å². The topological polar surface area (TPSA) is 86.8 Å². The highest BCUT2D eigenvalue weighted by atomic mass is 32.2. The Kier molecular flexibility index (Phi) is 6.91. The number of amides is 2. The minimum atomic E-state index is -3.80. The first-order valence-corrected chi connectivity index (χ1v) is 13.4. The minimum absolute atomic E-state index is 0.0309. The fraction of sp³-hybridized carbons (Fsp3) is 0.667. The monoisotopic (exact) mass is 461 g/mol. The summed E-state index contributed by atoms with van der Waals surface area (Å²) in [6.07, 6.45) is 10.3. The van der Waals surface area contributed by atoms with Gasteiger partial charge in [0.05, 0.1) is 11.4 Å². The summed E-state index contributed by atoms with van der Waals surface area (Å²) in [5.41, 5.74) is 1.69. The fourth-order valence-electron chi connectivity index (χ4n) is 4.97. The van der Waals surface area contributed by atoms with Crippen LogP contribution < -0.4 is 10.2 Å². The Morgan fingerprint density at radius 1 is 1.06 bits per heavy atom. The quantitative estimate of drug-likeness (QED) is 0.705. The molecule has 7 nitrogen and oxygen atoms in total. The van der Waals surface area contributed by atoms with Crippen molar-refractivity contribution in [3.63, 3.8) is 0 Å². The second-order valence-electron chi connectivity index (χ2n) is 9.70. The number of rotatable bonds is 6. The fourth-order valence-corrected chi connectivity index (χ4v) is 6.15. The SMILES string of the molecule is C[C@@H]1Cc2cc(S(=O)(=O)N(C)CC(=O)NC3CCCCCCC3)ccc2N1C(=O)C1CC1. The first-order chi connectivity index (χ1) is 15.3. The van der Waals surface area contributed by atoms with Gasteiger partial charge in [-0.05, 0) is 62.8 Å². The van der Waals surface area contributed by atoms with E-state index in [9.17, 15) is 18.0 Å². The molecule has 4 rings (SSSR count). The summed E-state index contributed by atoms with van der Waals surface area (Å²) in [5, 5.41) is 3.03. The maximum Gasteiger partial charge on any atom is 0.243 e. The summed E-state index contributed by atoms with van der Waals surface area (Å²) in [5.74, 6) is 0.0155. The average molecular weight is 462 g/mol. The Hall–Kier alpha value is -1.93. The molecule has 8 heteroatoms. The molecule has 2 aliphatic carbocycles. The van der Waals surface area contributed by atoms with Gasteiger partial charge in [0.25, 0.3) is 0 Å². The van der Waals surface area contributed by atoms with Crippen molar-refractivity contribution in [1.29, 1.82) is 0 Å². The van der Waals surface area contributed by atoms with Gasteiger partial charge in [-0.3, -0.25) is 9.59 Å². The maximum atomic E-state index is 13.1. The Morgan fingerprint density at radius 3 is 2.38 bits per heavy atom. The predicted molar refractivity (Wildman–Crippen MR) is 124 cm³/mol. The predicted octanol–water partition coefficient (Wildman–Crippen LogP) is 3.22. The molecule has 0 bridgehead atoms. The molecule has 0 spiro atoms. The third kappa shape index (κ3) is 5.01. The zero-order valence-electron chi connectivity index (χ0n) is 19.2. The Balaban J connectivity index is 1.42. The molecule has 32 heavy (non-hydrogen) atoms. The van der Waals surface area contributed by atoms with E-state index in [-0.39, 0.29) is 41.3 Å². The number of nitrogens with one attached hydrogen (secondary N) is 1. The number of sulfonamides is 1. The van der Waals surface area contributed by atoms with Crippen molar-refractivity contribution < 1.29 is 18.0 Å². The smallest absolute Gasteiger partial charge is 0.243 e. The summed E-state index contributed by atoms with van der Waals surface area (Å²) in [6, 6.07) is 5.14. The molecule has 1 aromatic carbocycles. The van der Waals surface area contributed by atoms with Crippen LogP contribution in [0.15, 0.2) is 23.1 Å². The van der Waals surface area contributed by atoms with E-state index < -0.39 is 10.0 Å². The lowest BCUT2D eigenvalue weighted by Crippen LogP contribution is -2.42. The van der Waals surface area contributed by atoms with Crippen LogP contribution in [0.1, 0.15) is 70.3 Å². The molecule has 1 aliphatic heterocycles. The van der Waals surface area contributed by atoms with Gasteiger partial charge in [0.15, 0.2) is 0 Å². The second kappa shape index (κ2) is 9.51. The zero-order valence-corrected chi connectivity index (χ0v) is 20.0. The third-order valence-electron chi connectivity index (χ3n) is 6.98. The third-order valence-corrected chi connectivity index (χ3v) is 8.77. The molecule has 1 N–H and O–H groups in total. The van der Waals surface area contributed by atoms with Gasteiger partial charge >= 0.3 is 0 Å². The van der Waals surface area contributed by atoms with Gasteiger partial charge in [0.2, 0.25) is 21.8 Å². The number of likely N-dealkylation sites (N-methyl/N-ethyl adjacent to an activating group) is 1. The number of fused-ring (bicyclic) bond motifs is 1. The molecule has 1 aromatic rings. The number of benzene rings is 1. The summed E-state index contributed by atoms with van der Waals surface area (Å²) in [7, 11) is -2.35. The largest absolute Gasteiger partial charge is 0.352 e. The van der Waals surface area contributed by atoms with E-state index in [0.717, 1.165) is 54.1 Å². The van der Waals surface area contributed by atoms with Crippen molar-refractivity contribution in [3.05, 3.63) is 23.8 Å². The van der Waals surface area contributed by atoms with Crippen LogP contribution in [-0.4, -0.2) is 50.2 Å². The van der Waals surface area contributed by atoms with Crippen molar-refractivity contribution in [2.75, 3.05) is 18.5 Å². The number of hydrogen-bond donors (Lipinski definition) is 1. The molecule has 3 aliphatic rings. The Morgan fingerprint density at radius 2 is 1.72 bits per heavy atom. The minimum Gasteiger partial charge on any atom is -0.352 e. The lowest BCUT2D eigenvalue weighted by Gasteiger charge is -2.23. The summed E-state index contributed by atoms with van der Waals surface area (Å²) >= 11 is 0. The van der Waals surface area contributed by atoms with Crippen LogP contribution in [0.3, 0.4) is 0 Å². The van der Waals surface area contributed by atoms with Gasteiger partial charge in [0.1, 0.15) is 0 Å². The van der Waals surface area contributed by atoms with Gasteiger partial charge in [-0.2, -0.15) is 4.31 Å². The van der Waals surface area contributed by atoms with Crippen molar-refractivity contribution in [3.8, 4) is 0 Å². The van der Waals surface area contributed by atoms with E-state index in [0.29, 0.717) is 6.42 Å². The molecular formula is C24H35N3O4S. The molecule has 2 amide bonds. The molecule has 176 valence electrons. The molecule has 0 saturated heterocycles. The maximum absolute atomic E-state index is 13.1. The molecule has 0 radical (unpaired) electrons. The van der Waals surface area contributed by atoms with E-state index in [1.54, 1.807) is 18.2 Å². The lowest BCUT2D eigenvalue weighted by atomic mass is 9.97. The van der Waals surface area contributed by atoms with E-state index in [1.165, 1.54) is 26.3 Å². The van der Waals surface area contributed by atoms with Crippen LogP contribution in [0.5, 0.6) is 0 Å². The van der Waals surface area contributed by atoms with E-state index in [2.05, 4.69) is 5.32 Å². The van der Waals surface area contributed by atoms with Gasteiger partial charge in [-0.25, -0.2) is 8.42 Å². The van der Waals surface area contributed by atoms with Gasteiger partial charge < -0.3 is 10.2 Å². The molecule has 0 aromatic heterocycles. The molecule has 0 unspecified atom stereocenters. The van der Waals surface area contributed by atoms with E-state index >= 15 is 0 Å². The van der Waals surface area contributed by atoms with E-state index in [1.807, 2.05) is 11.8 Å².